The number of pyridine rings is 1. The molecule has 0 saturated carbocycles. The standard InChI is InChI=1S/C26H25N5O3S/c1-3-26(11-10-22(32)30-25(26)34)17-6-8-18(9-7-17)29-24(33)20-13-16(2)28-23-21(20)14-27-31(23)15-19-5-4-12-35-19/h4-9,12-14H,3,10-11,15H2,1-2H3,(H,29,33)(H,30,32,34). The van der Waals surface area contributed by atoms with Gasteiger partial charge in [-0.1, -0.05) is 25.1 Å². The number of nitrogens with zero attached hydrogens (tertiary/aromatic N) is 3. The van der Waals surface area contributed by atoms with Crippen LogP contribution in [0.1, 0.15) is 52.7 Å². The van der Waals surface area contributed by atoms with Gasteiger partial charge in [0.25, 0.3) is 5.91 Å². The van der Waals surface area contributed by atoms with Crippen LogP contribution < -0.4 is 10.6 Å². The van der Waals surface area contributed by atoms with Crippen LogP contribution in [0.4, 0.5) is 5.69 Å². The van der Waals surface area contributed by atoms with Crippen LogP contribution in [0.2, 0.25) is 0 Å². The summed E-state index contributed by atoms with van der Waals surface area (Å²) in [4.78, 5) is 43.3. The molecule has 1 aromatic carbocycles. The highest BCUT2D eigenvalue weighted by molar-refractivity contribution is 7.09. The molecule has 4 heterocycles. The summed E-state index contributed by atoms with van der Waals surface area (Å²) >= 11 is 1.65. The number of carbonyl (C=O) groups excluding carboxylic acids is 3. The van der Waals surface area contributed by atoms with Crippen molar-refractivity contribution in [3.63, 3.8) is 0 Å². The highest BCUT2D eigenvalue weighted by atomic mass is 32.1. The average Bonchev–Trinajstić information content (AvgIpc) is 3.50. The fraction of sp³-hybridized carbons (Fsp3) is 0.269. The minimum absolute atomic E-state index is 0.236. The van der Waals surface area contributed by atoms with Crippen molar-refractivity contribution in [3.05, 3.63) is 75.7 Å². The number of piperidine rings is 1. The van der Waals surface area contributed by atoms with Gasteiger partial charge in [-0.3, -0.25) is 19.7 Å². The smallest absolute Gasteiger partial charge is 0.256 e. The number of hydrogen-bond donors (Lipinski definition) is 2. The Kier molecular flexibility index (Phi) is 5.94. The Bertz CT molecular complexity index is 1430. The van der Waals surface area contributed by atoms with Crippen LogP contribution >= 0.6 is 11.3 Å². The fourth-order valence-corrected chi connectivity index (χ4v) is 5.35. The lowest BCUT2D eigenvalue weighted by Gasteiger charge is -2.35. The molecule has 4 aromatic rings. The van der Waals surface area contributed by atoms with E-state index in [9.17, 15) is 14.4 Å². The first-order valence-corrected chi connectivity index (χ1v) is 12.4. The van der Waals surface area contributed by atoms with E-state index in [1.165, 1.54) is 0 Å². The predicted octanol–water partition coefficient (Wildman–Crippen LogP) is 4.19. The minimum atomic E-state index is -0.734. The van der Waals surface area contributed by atoms with Crippen molar-refractivity contribution in [2.45, 2.75) is 45.1 Å². The molecule has 5 rings (SSSR count). The van der Waals surface area contributed by atoms with Gasteiger partial charge >= 0.3 is 0 Å². The van der Waals surface area contributed by atoms with E-state index in [0.29, 0.717) is 48.1 Å². The van der Waals surface area contributed by atoms with E-state index < -0.39 is 5.41 Å². The number of aromatic nitrogens is 3. The molecule has 1 aliphatic rings. The molecule has 178 valence electrons. The third kappa shape index (κ3) is 4.23. The van der Waals surface area contributed by atoms with Crippen LogP contribution in [0.15, 0.2) is 54.0 Å². The Morgan fingerprint density at radius 2 is 2.03 bits per heavy atom. The molecule has 0 spiro atoms. The number of aryl methyl sites for hydroxylation is 1. The third-order valence-electron chi connectivity index (χ3n) is 6.63. The molecule has 1 unspecified atom stereocenters. The molecular formula is C26H25N5O3S. The Morgan fingerprint density at radius 3 is 2.71 bits per heavy atom. The van der Waals surface area contributed by atoms with Gasteiger partial charge < -0.3 is 5.32 Å². The van der Waals surface area contributed by atoms with Gasteiger partial charge in [-0.25, -0.2) is 9.67 Å². The molecule has 3 amide bonds. The largest absolute Gasteiger partial charge is 0.322 e. The van der Waals surface area contributed by atoms with E-state index in [-0.39, 0.29) is 17.7 Å². The van der Waals surface area contributed by atoms with Crippen LogP contribution in [0, 0.1) is 6.92 Å². The zero-order chi connectivity index (χ0) is 24.6. The maximum absolute atomic E-state index is 13.2. The summed E-state index contributed by atoms with van der Waals surface area (Å²) in [5.74, 6) is -0.752. The fourth-order valence-electron chi connectivity index (χ4n) is 4.66. The minimum Gasteiger partial charge on any atom is -0.322 e. The van der Waals surface area contributed by atoms with Gasteiger partial charge in [-0.2, -0.15) is 5.10 Å². The normalized spacial score (nSPS) is 18.0. The molecule has 1 aliphatic heterocycles. The number of anilines is 1. The Hall–Kier alpha value is -3.85. The summed E-state index contributed by atoms with van der Waals surface area (Å²) in [6.45, 7) is 4.40. The molecule has 3 aromatic heterocycles. The van der Waals surface area contributed by atoms with Gasteiger partial charge in [0, 0.05) is 22.7 Å². The van der Waals surface area contributed by atoms with Crippen molar-refractivity contribution in [1.29, 1.82) is 0 Å². The van der Waals surface area contributed by atoms with E-state index in [1.54, 1.807) is 35.7 Å². The molecule has 1 fully saturated rings. The number of hydrogen-bond acceptors (Lipinski definition) is 6. The van der Waals surface area contributed by atoms with Crippen molar-refractivity contribution in [1.82, 2.24) is 20.1 Å². The van der Waals surface area contributed by atoms with Crippen molar-refractivity contribution < 1.29 is 14.4 Å². The first-order chi connectivity index (χ1) is 16.9. The van der Waals surface area contributed by atoms with Crippen LogP contribution in [-0.4, -0.2) is 32.5 Å². The Labute approximate surface area is 206 Å². The second kappa shape index (κ2) is 9.07. The summed E-state index contributed by atoms with van der Waals surface area (Å²) < 4.78 is 1.81. The molecule has 9 heteroatoms. The number of nitrogens with one attached hydrogen (secondary N) is 2. The molecular weight excluding hydrogens is 462 g/mol. The maximum atomic E-state index is 13.2. The number of imide groups is 1. The van der Waals surface area contributed by atoms with E-state index >= 15 is 0 Å². The number of benzene rings is 1. The van der Waals surface area contributed by atoms with Gasteiger partial charge in [0.05, 0.1) is 29.1 Å². The van der Waals surface area contributed by atoms with Crippen molar-refractivity contribution in [2.75, 3.05) is 5.32 Å². The molecule has 8 nitrogen and oxygen atoms in total. The van der Waals surface area contributed by atoms with Crippen molar-refractivity contribution in [2.24, 2.45) is 0 Å². The summed E-state index contributed by atoms with van der Waals surface area (Å²) in [5, 5.41) is 12.6. The molecule has 2 N–H and O–H groups in total. The Morgan fingerprint density at radius 1 is 1.23 bits per heavy atom. The number of thiophene rings is 1. The number of fused-ring (bicyclic) bond motifs is 1. The summed E-state index contributed by atoms with van der Waals surface area (Å²) in [6, 6.07) is 13.1. The molecule has 0 radical (unpaired) electrons. The molecule has 0 bridgehead atoms. The zero-order valence-corrected chi connectivity index (χ0v) is 20.3. The van der Waals surface area contributed by atoms with Gasteiger partial charge in [0.15, 0.2) is 5.65 Å². The van der Waals surface area contributed by atoms with Gasteiger partial charge in [0.1, 0.15) is 0 Å². The first kappa shape index (κ1) is 22.9. The molecule has 0 aliphatic carbocycles. The van der Waals surface area contributed by atoms with E-state index in [4.69, 9.17) is 0 Å². The van der Waals surface area contributed by atoms with Crippen LogP contribution in [0.3, 0.4) is 0 Å². The highest BCUT2D eigenvalue weighted by Crippen LogP contribution is 2.36. The Balaban J connectivity index is 1.39. The SMILES string of the molecule is CCC1(c2ccc(NC(=O)c3cc(C)nc4c3cnn4Cc3cccs3)cc2)CCC(=O)NC1=O. The lowest BCUT2D eigenvalue weighted by Crippen LogP contribution is -2.51. The third-order valence-corrected chi connectivity index (χ3v) is 7.49. The van der Waals surface area contributed by atoms with E-state index in [0.717, 1.165) is 16.1 Å². The summed E-state index contributed by atoms with van der Waals surface area (Å²) in [7, 11) is 0. The maximum Gasteiger partial charge on any atom is 0.256 e. The average molecular weight is 488 g/mol. The van der Waals surface area contributed by atoms with E-state index in [2.05, 4.69) is 20.7 Å². The van der Waals surface area contributed by atoms with Gasteiger partial charge in [-0.05, 0) is 55.0 Å². The van der Waals surface area contributed by atoms with Gasteiger partial charge in [-0.15, -0.1) is 11.3 Å². The topological polar surface area (TPSA) is 106 Å². The summed E-state index contributed by atoms with van der Waals surface area (Å²) in [6.07, 6.45) is 3.06. The quantitative estimate of drug-likeness (QED) is 0.397. The van der Waals surface area contributed by atoms with Crippen LogP contribution in [0.25, 0.3) is 11.0 Å². The van der Waals surface area contributed by atoms with Gasteiger partial charge in [0.2, 0.25) is 11.8 Å². The lowest BCUT2D eigenvalue weighted by atomic mass is 9.72. The lowest BCUT2D eigenvalue weighted by molar-refractivity contribution is -0.138. The first-order valence-electron chi connectivity index (χ1n) is 11.5. The number of rotatable bonds is 6. The highest BCUT2D eigenvalue weighted by Gasteiger charge is 2.42. The predicted molar refractivity (Wildman–Crippen MR) is 134 cm³/mol. The molecule has 1 atom stereocenters. The van der Waals surface area contributed by atoms with Crippen LogP contribution in [-0.2, 0) is 21.5 Å². The monoisotopic (exact) mass is 487 g/mol. The number of amides is 3. The van der Waals surface area contributed by atoms with E-state index in [1.807, 2.05) is 48.2 Å². The van der Waals surface area contributed by atoms with Crippen LogP contribution in [0.5, 0.6) is 0 Å². The second-order valence-electron chi connectivity index (χ2n) is 8.77. The summed E-state index contributed by atoms with van der Waals surface area (Å²) in [5.41, 5.74) is 2.62. The number of carbonyl (C=O) groups is 3. The van der Waals surface area contributed by atoms with Crippen molar-refractivity contribution in [3.8, 4) is 0 Å². The van der Waals surface area contributed by atoms with Crippen molar-refractivity contribution >= 4 is 45.8 Å². The second-order valence-corrected chi connectivity index (χ2v) is 9.81. The molecule has 1 saturated heterocycles. The zero-order valence-electron chi connectivity index (χ0n) is 19.5. The molecule has 35 heavy (non-hydrogen) atoms.